The van der Waals surface area contributed by atoms with Crippen LogP contribution in [0.25, 0.3) is 0 Å². The molecule has 3 nitrogen and oxygen atoms in total. The van der Waals surface area contributed by atoms with Crippen molar-refractivity contribution in [2.45, 2.75) is 13.8 Å². The summed E-state index contributed by atoms with van der Waals surface area (Å²) < 4.78 is 10.7. The molecule has 0 amide bonds. The average molecular weight is 216 g/mol. The van der Waals surface area contributed by atoms with Crippen molar-refractivity contribution in [1.82, 2.24) is 0 Å². The molecule has 0 saturated carbocycles. The van der Waals surface area contributed by atoms with Gasteiger partial charge in [-0.25, -0.2) is 0 Å². The Morgan fingerprint density at radius 1 is 1.19 bits per heavy atom. The molecular weight excluding hydrogens is 204 g/mol. The molecule has 0 N–H and O–H groups in total. The summed E-state index contributed by atoms with van der Waals surface area (Å²) >= 11 is 0. The van der Waals surface area contributed by atoms with Crippen LogP contribution in [0.4, 0.5) is 0 Å². The van der Waals surface area contributed by atoms with Crippen LogP contribution in [0.2, 0.25) is 0 Å². The smallest absolute Gasteiger partial charge is 0.290 e. The molecule has 0 spiro atoms. The van der Waals surface area contributed by atoms with E-state index in [1.54, 1.807) is 12.1 Å². The lowest BCUT2D eigenvalue weighted by Gasteiger charge is -2.06. The Balaban J connectivity index is 2.23. The predicted molar refractivity (Wildman–Crippen MR) is 60.1 cm³/mol. The molecule has 0 atom stereocenters. The van der Waals surface area contributed by atoms with E-state index in [4.69, 9.17) is 9.15 Å². The molecule has 16 heavy (non-hydrogen) atoms. The van der Waals surface area contributed by atoms with Gasteiger partial charge in [-0.3, -0.25) is 4.79 Å². The van der Waals surface area contributed by atoms with Gasteiger partial charge in [-0.15, -0.1) is 0 Å². The van der Waals surface area contributed by atoms with E-state index in [9.17, 15) is 4.79 Å². The number of carbonyl (C=O) groups excluding carboxylic acids is 1. The van der Waals surface area contributed by atoms with Crippen molar-refractivity contribution in [3.05, 3.63) is 47.2 Å². The number of ether oxygens (including phenoxy) is 1. The highest BCUT2D eigenvalue weighted by Gasteiger charge is 2.05. The Morgan fingerprint density at radius 3 is 2.62 bits per heavy atom. The van der Waals surface area contributed by atoms with Gasteiger partial charge in [0.2, 0.25) is 0 Å². The molecule has 82 valence electrons. The van der Waals surface area contributed by atoms with E-state index in [0.29, 0.717) is 12.2 Å². The van der Waals surface area contributed by atoms with E-state index >= 15 is 0 Å². The fourth-order valence-electron chi connectivity index (χ4n) is 1.47. The molecule has 2 aromatic rings. The monoisotopic (exact) mass is 216 g/mol. The van der Waals surface area contributed by atoms with Crippen molar-refractivity contribution in [2.75, 3.05) is 0 Å². The normalized spacial score (nSPS) is 10.1. The first kappa shape index (κ1) is 10.5. The summed E-state index contributed by atoms with van der Waals surface area (Å²) in [6.07, 6.45) is 0.648. The summed E-state index contributed by atoms with van der Waals surface area (Å²) in [4.78, 5) is 10.4. The van der Waals surface area contributed by atoms with Crippen LogP contribution in [0.5, 0.6) is 11.7 Å². The minimum Gasteiger partial charge on any atom is -0.426 e. The Hall–Kier alpha value is -2.03. The summed E-state index contributed by atoms with van der Waals surface area (Å²) in [6, 6.07) is 9.08. The van der Waals surface area contributed by atoms with Crippen LogP contribution < -0.4 is 4.74 Å². The molecule has 0 aliphatic heterocycles. The van der Waals surface area contributed by atoms with Crippen LogP contribution in [-0.4, -0.2) is 6.29 Å². The Labute approximate surface area is 93.7 Å². The average Bonchev–Trinajstić information content (AvgIpc) is 2.70. The zero-order valence-corrected chi connectivity index (χ0v) is 9.19. The van der Waals surface area contributed by atoms with Crippen molar-refractivity contribution in [3.8, 4) is 11.7 Å². The standard InChI is InChI=1S/C13H12O3/c1-9-3-5-12(10(2)7-9)16-13-6-4-11(8-14)15-13/h3-8H,1-2H3. The maximum atomic E-state index is 10.4. The van der Waals surface area contributed by atoms with Gasteiger partial charge in [0.15, 0.2) is 12.0 Å². The number of aldehydes is 1. The topological polar surface area (TPSA) is 39.4 Å². The number of aryl methyl sites for hydroxylation is 2. The third kappa shape index (κ3) is 2.14. The SMILES string of the molecule is Cc1ccc(Oc2ccc(C=O)o2)c(C)c1. The van der Waals surface area contributed by atoms with Crippen LogP contribution in [0.1, 0.15) is 21.7 Å². The first-order valence-electron chi connectivity index (χ1n) is 4.99. The lowest BCUT2D eigenvalue weighted by atomic mass is 10.1. The second kappa shape index (κ2) is 4.23. The second-order valence-electron chi connectivity index (χ2n) is 3.65. The molecule has 1 heterocycles. The fraction of sp³-hybridized carbons (Fsp3) is 0.154. The highest BCUT2D eigenvalue weighted by atomic mass is 16.6. The van der Waals surface area contributed by atoms with Gasteiger partial charge < -0.3 is 9.15 Å². The van der Waals surface area contributed by atoms with E-state index in [0.717, 1.165) is 11.3 Å². The zero-order valence-electron chi connectivity index (χ0n) is 9.19. The predicted octanol–water partition coefficient (Wildman–Crippen LogP) is 3.50. The van der Waals surface area contributed by atoms with Crippen molar-refractivity contribution in [1.29, 1.82) is 0 Å². The first-order valence-corrected chi connectivity index (χ1v) is 4.99. The number of carbonyl (C=O) groups is 1. The number of rotatable bonds is 3. The minimum absolute atomic E-state index is 0.264. The Bertz CT molecular complexity index is 512. The van der Waals surface area contributed by atoms with Crippen LogP contribution in [0.15, 0.2) is 34.7 Å². The van der Waals surface area contributed by atoms with Crippen molar-refractivity contribution in [3.63, 3.8) is 0 Å². The molecule has 1 aromatic carbocycles. The lowest BCUT2D eigenvalue weighted by Crippen LogP contribution is -1.86. The summed E-state index contributed by atoms with van der Waals surface area (Å²) in [6.45, 7) is 3.99. The van der Waals surface area contributed by atoms with E-state index in [1.807, 2.05) is 32.0 Å². The van der Waals surface area contributed by atoms with E-state index in [2.05, 4.69) is 0 Å². The minimum atomic E-state index is 0.264. The Kier molecular flexibility index (Phi) is 2.77. The van der Waals surface area contributed by atoms with Crippen molar-refractivity contribution >= 4 is 6.29 Å². The van der Waals surface area contributed by atoms with Crippen LogP contribution in [-0.2, 0) is 0 Å². The third-order valence-corrected chi connectivity index (χ3v) is 2.26. The molecule has 0 aliphatic carbocycles. The molecule has 0 bridgehead atoms. The molecule has 0 radical (unpaired) electrons. The molecule has 0 saturated heterocycles. The van der Waals surface area contributed by atoms with Crippen molar-refractivity contribution in [2.24, 2.45) is 0 Å². The molecule has 1 aromatic heterocycles. The van der Waals surface area contributed by atoms with Crippen LogP contribution >= 0.6 is 0 Å². The van der Waals surface area contributed by atoms with Gasteiger partial charge in [-0.2, -0.15) is 0 Å². The van der Waals surface area contributed by atoms with Crippen molar-refractivity contribution < 1.29 is 13.9 Å². The largest absolute Gasteiger partial charge is 0.426 e. The maximum Gasteiger partial charge on any atom is 0.290 e. The molecule has 2 rings (SSSR count). The quantitative estimate of drug-likeness (QED) is 0.737. The third-order valence-electron chi connectivity index (χ3n) is 2.26. The fourth-order valence-corrected chi connectivity index (χ4v) is 1.47. The second-order valence-corrected chi connectivity index (χ2v) is 3.65. The summed E-state index contributed by atoms with van der Waals surface area (Å²) in [5.41, 5.74) is 2.21. The summed E-state index contributed by atoms with van der Waals surface area (Å²) in [5, 5.41) is 0. The number of hydrogen-bond donors (Lipinski definition) is 0. The van der Waals surface area contributed by atoms with Gasteiger partial charge in [0.05, 0.1) is 0 Å². The number of hydrogen-bond acceptors (Lipinski definition) is 3. The molecule has 0 unspecified atom stereocenters. The van der Waals surface area contributed by atoms with E-state index < -0.39 is 0 Å². The van der Waals surface area contributed by atoms with Gasteiger partial charge in [0, 0.05) is 6.07 Å². The van der Waals surface area contributed by atoms with Gasteiger partial charge in [0.1, 0.15) is 5.75 Å². The van der Waals surface area contributed by atoms with Gasteiger partial charge in [0.25, 0.3) is 5.95 Å². The van der Waals surface area contributed by atoms with Crippen LogP contribution in [0, 0.1) is 13.8 Å². The number of furan rings is 1. The van der Waals surface area contributed by atoms with E-state index in [-0.39, 0.29) is 5.76 Å². The number of benzene rings is 1. The lowest BCUT2D eigenvalue weighted by molar-refractivity contribution is 0.109. The van der Waals surface area contributed by atoms with Crippen LogP contribution in [0.3, 0.4) is 0 Å². The molecule has 0 fully saturated rings. The highest BCUT2D eigenvalue weighted by Crippen LogP contribution is 2.26. The Morgan fingerprint density at radius 2 is 2.00 bits per heavy atom. The van der Waals surface area contributed by atoms with E-state index in [1.165, 1.54) is 5.56 Å². The zero-order chi connectivity index (χ0) is 11.5. The molecule has 3 heteroatoms. The van der Waals surface area contributed by atoms with Gasteiger partial charge in [-0.05, 0) is 31.5 Å². The summed E-state index contributed by atoms with van der Waals surface area (Å²) in [5.74, 6) is 1.33. The summed E-state index contributed by atoms with van der Waals surface area (Å²) in [7, 11) is 0. The molecule has 0 aliphatic rings. The molecular formula is C13H12O3. The van der Waals surface area contributed by atoms with Gasteiger partial charge in [-0.1, -0.05) is 17.7 Å². The maximum absolute atomic E-state index is 10.4. The highest BCUT2D eigenvalue weighted by molar-refractivity contribution is 5.70. The first-order chi connectivity index (χ1) is 7.69. The van der Waals surface area contributed by atoms with Gasteiger partial charge >= 0.3 is 0 Å².